The lowest BCUT2D eigenvalue weighted by Crippen LogP contribution is -2.28. The van der Waals surface area contributed by atoms with Gasteiger partial charge >= 0.3 is 0 Å². The predicted octanol–water partition coefficient (Wildman–Crippen LogP) is 3.65. The number of sulfonamides is 1. The van der Waals surface area contributed by atoms with Gasteiger partial charge in [0.2, 0.25) is 0 Å². The molecule has 0 amide bonds. The van der Waals surface area contributed by atoms with Crippen molar-refractivity contribution >= 4 is 27.2 Å². The molecular weight excluding hydrogens is 342 g/mol. The van der Waals surface area contributed by atoms with Gasteiger partial charge in [-0.25, -0.2) is 12.8 Å². The summed E-state index contributed by atoms with van der Waals surface area (Å²) in [6, 6.07) is 7.46. The Kier molecular flexibility index (Phi) is 4.38. The van der Waals surface area contributed by atoms with Gasteiger partial charge in [0.15, 0.2) is 0 Å². The second-order valence-electron chi connectivity index (χ2n) is 5.53. The van der Waals surface area contributed by atoms with Gasteiger partial charge in [-0.2, -0.15) is 0 Å². The van der Waals surface area contributed by atoms with Crippen LogP contribution in [0.5, 0.6) is 0 Å². The molecule has 0 bridgehead atoms. The highest BCUT2D eigenvalue weighted by molar-refractivity contribution is 7.92. The molecule has 7 heteroatoms. The molecule has 1 aromatic carbocycles. The van der Waals surface area contributed by atoms with Gasteiger partial charge in [0.25, 0.3) is 10.0 Å². The molecule has 0 fully saturated rings. The summed E-state index contributed by atoms with van der Waals surface area (Å²) in [4.78, 5) is 4.17. The molecular formula is C17H17N3O2S2. The van der Waals surface area contributed by atoms with E-state index in [0.29, 0.717) is 11.3 Å². The van der Waals surface area contributed by atoms with Gasteiger partial charge in [0.1, 0.15) is 4.90 Å². The molecule has 124 valence electrons. The van der Waals surface area contributed by atoms with Crippen molar-refractivity contribution in [3.63, 3.8) is 0 Å². The highest BCUT2D eigenvalue weighted by Gasteiger charge is 2.24. The van der Waals surface area contributed by atoms with Gasteiger partial charge in [0, 0.05) is 36.6 Å². The van der Waals surface area contributed by atoms with Crippen LogP contribution in [0.1, 0.15) is 11.1 Å². The number of hydrogen-bond donors (Lipinski definition) is 0. The lowest BCUT2D eigenvalue weighted by Gasteiger charge is -2.22. The van der Waals surface area contributed by atoms with E-state index in [4.69, 9.17) is 0 Å². The Labute approximate surface area is 145 Å². The van der Waals surface area contributed by atoms with E-state index in [1.165, 1.54) is 22.0 Å². The lowest BCUT2D eigenvalue weighted by molar-refractivity contribution is 0.593. The van der Waals surface area contributed by atoms with Crippen molar-refractivity contribution in [1.29, 1.82) is 0 Å². The SMILES string of the molecule is Cc1ccc(-c2cnsc2)cc1N(C)S(=O)(=O)c1cnccc1C. The zero-order valence-corrected chi connectivity index (χ0v) is 15.2. The molecule has 0 saturated heterocycles. The minimum absolute atomic E-state index is 0.217. The first-order valence-electron chi connectivity index (χ1n) is 7.31. The number of nitrogens with zero attached hydrogens (tertiary/aromatic N) is 3. The average Bonchev–Trinajstić information content (AvgIpc) is 3.09. The third-order valence-electron chi connectivity index (χ3n) is 3.94. The summed E-state index contributed by atoms with van der Waals surface area (Å²) in [6.07, 6.45) is 4.76. The molecule has 3 rings (SSSR count). The van der Waals surface area contributed by atoms with E-state index in [-0.39, 0.29) is 4.90 Å². The van der Waals surface area contributed by atoms with Crippen LogP contribution in [-0.4, -0.2) is 24.8 Å². The second kappa shape index (κ2) is 6.33. The van der Waals surface area contributed by atoms with Crippen LogP contribution in [-0.2, 0) is 10.0 Å². The summed E-state index contributed by atoms with van der Waals surface area (Å²) >= 11 is 1.37. The van der Waals surface area contributed by atoms with Crippen molar-refractivity contribution < 1.29 is 8.42 Å². The fraction of sp³-hybridized carbons (Fsp3) is 0.176. The first kappa shape index (κ1) is 16.6. The van der Waals surface area contributed by atoms with Crippen LogP contribution in [0.15, 0.2) is 53.1 Å². The third-order valence-corrected chi connectivity index (χ3v) is 6.43. The quantitative estimate of drug-likeness (QED) is 0.713. The minimum Gasteiger partial charge on any atom is -0.269 e. The summed E-state index contributed by atoms with van der Waals surface area (Å²) in [7, 11) is -2.10. The Hall–Kier alpha value is -2.25. The van der Waals surface area contributed by atoms with Crippen LogP contribution in [0, 0.1) is 13.8 Å². The van der Waals surface area contributed by atoms with Crippen LogP contribution < -0.4 is 4.31 Å². The third kappa shape index (κ3) is 2.92. The van der Waals surface area contributed by atoms with E-state index in [1.807, 2.05) is 30.5 Å². The number of rotatable bonds is 4. The number of aryl methyl sites for hydroxylation is 2. The molecule has 24 heavy (non-hydrogen) atoms. The molecule has 0 aliphatic carbocycles. The number of benzene rings is 1. The van der Waals surface area contributed by atoms with E-state index in [2.05, 4.69) is 9.36 Å². The largest absolute Gasteiger partial charge is 0.269 e. The van der Waals surface area contributed by atoms with Crippen LogP contribution in [0.3, 0.4) is 0 Å². The number of anilines is 1. The van der Waals surface area contributed by atoms with Gasteiger partial charge in [-0.05, 0) is 54.2 Å². The van der Waals surface area contributed by atoms with Crippen molar-refractivity contribution in [2.75, 3.05) is 11.4 Å². The highest BCUT2D eigenvalue weighted by atomic mass is 32.2. The van der Waals surface area contributed by atoms with Gasteiger partial charge in [-0.3, -0.25) is 9.29 Å². The summed E-state index contributed by atoms with van der Waals surface area (Å²) in [6.45, 7) is 3.66. The molecule has 2 aromatic heterocycles. The first-order valence-corrected chi connectivity index (χ1v) is 9.59. The lowest BCUT2D eigenvalue weighted by atomic mass is 10.1. The fourth-order valence-corrected chi connectivity index (χ4v) is 4.44. The van der Waals surface area contributed by atoms with E-state index in [1.54, 1.807) is 32.4 Å². The fourth-order valence-electron chi connectivity index (χ4n) is 2.47. The van der Waals surface area contributed by atoms with Crippen LogP contribution in [0.25, 0.3) is 11.1 Å². The molecule has 0 atom stereocenters. The normalized spacial score (nSPS) is 11.5. The number of aromatic nitrogens is 2. The maximum absolute atomic E-state index is 13.0. The molecule has 0 spiro atoms. The predicted molar refractivity (Wildman–Crippen MR) is 96.8 cm³/mol. The Morgan fingerprint density at radius 1 is 1.04 bits per heavy atom. The summed E-state index contributed by atoms with van der Waals surface area (Å²) in [5.74, 6) is 0. The van der Waals surface area contributed by atoms with Crippen molar-refractivity contribution in [2.24, 2.45) is 0 Å². The molecule has 0 unspecified atom stereocenters. The van der Waals surface area contributed by atoms with Gasteiger partial charge in [-0.15, -0.1) is 0 Å². The zero-order chi connectivity index (χ0) is 17.3. The molecule has 0 saturated carbocycles. The van der Waals surface area contributed by atoms with Crippen LogP contribution in [0.2, 0.25) is 0 Å². The van der Waals surface area contributed by atoms with Gasteiger partial charge in [-0.1, -0.05) is 12.1 Å². The van der Waals surface area contributed by atoms with E-state index >= 15 is 0 Å². The molecule has 0 N–H and O–H groups in total. The van der Waals surface area contributed by atoms with E-state index < -0.39 is 10.0 Å². The summed E-state index contributed by atoms with van der Waals surface area (Å²) in [5.41, 5.74) is 4.11. The van der Waals surface area contributed by atoms with Crippen molar-refractivity contribution in [1.82, 2.24) is 9.36 Å². The molecule has 3 aromatic rings. The van der Waals surface area contributed by atoms with Crippen LogP contribution >= 0.6 is 11.5 Å². The van der Waals surface area contributed by atoms with Crippen molar-refractivity contribution in [3.8, 4) is 11.1 Å². The van der Waals surface area contributed by atoms with Crippen LogP contribution in [0.4, 0.5) is 5.69 Å². The second-order valence-corrected chi connectivity index (χ2v) is 8.12. The Morgan fingerprint density at radius 2 is 1.83 bits per heavy atom. The summed E-state index contributed by atoms with van der Waals surface area (Å²) in [5, 5.41) is 1.94. The van der Waals surface area contributed by atoms with Gasteiger partial charge < -0.3 is 0 Å². The monoisotopic (exact) mass is 359 g/mol. The molecule has 0 aliphatic heterocycles. The molecule has 0 aliphatic rings. The summed E-state index contributed by atoms with van der Waals surface area (Å²) < 4.78 is 31.4. The minimum atomic E-state index is -3.67. The standard InChI is InChI=1S/C17H17N3O2S2/c1-12-4-5-14(15-9-19-23-11-15)8-16(12)20(3)24(21,22)17-10-18-7-6-13(17)2/h4-11H,1-3H3. The molecule has 5 nitrogen and oxygen atoms in total. The first-order chi connectivity index (χ1) is 11.4. The van der Waals surface area contributed by atoms with E-state index in [9.17, 15) is 8.42 Å². The Morgan fingerprint density at radius 3 is 2.50 bits per heavy atom. The molecule has 0 radical (unpaired) electrons. The maximum atomic E-state index is 13.0. The number of hydrogen-bond acceptors (Lipinski definition) is 5. The van der Waals surface area contributed by atoms with E-state index in [0.717, 1.165) is 16.7 Å². The smallest absolute Gasteiger partial charge is 0.265 e. The highest BCUT2D eigenvalue weighted by Crippen LogP contribution is 2.31. The Balaban J connectivity index is 2.08. The van der Waals surface area contributed by atoms with Crippen molar-refractivity contribution in [2.45, 2.75) is 18.7 Å². The van der Waals surface area contributed by atoms with Gasteiger partial charge in [0.05, 0.1) is 5.69 Å². The number of pyridine rings is 1. The topological polar surface area (TPSA) is 63.2 Å². The maximum Gasteiger partial charge on any atom is 0.265 e. The Bertz CT molecular complexity index is 967. The zero-order valence-electron chi connectivity index (χ0n) is 13.6. The average molecular weight is 359 g/mol. The molecule has 2 heterocycles. The van der Waals surface area contributed by atoms with Crippen molar-refractivity contribution in [3.05, 3.63) is 59.4 Å².